The minimum absolute atomic E-state index is 0.0162. The largest absolute Gasteiger partial charge is 0.308 e. The molecule has 0 amide bonds. The molecule has 0 fully saturated rings. The molecule has 21 heavy (non-hydrogen) atoms. The van der Waals surface area contributed by atoms with E-state index in [2.05, 4.69) is 15.9 Å². The highest BCUT2D eigenvalue weighted by molar-refractivity contribution is 9.10. The Bertz CT molecular complexity index is 724. The monoisotopic (exact) mass is 370 g/mol. The molecule has 0 unspecified atom stereocenters. The summed E-state index contributed by atoms with van der Waals surface area (Å²) in [4.78, 5) is 34.6. The fourth-order valence-electron chi connectivity index (χ4n) is 1.82. The summed E-state index contributed by atoms with van der Waals surface area (Å²) in [5, 5.41) is 12.6. The van der Waals surface area contributed by atoms with Crippen LogP contribution in [-0.2, 0) is 6.54 Å². The van der Waals surface area contributed by atoms with Crippen LogP contribution in [0.2, 0.25) is 0 Å². The number of nitrogens with zero attached hydrogens (tertiary/aromatic N) is 2. The molecule has 8 heteroatoms. The lowest BCUT2D eigenvalue weighted by atomic mass is 10.2. The molecular weight excluding hydrogens is 360 g/mol. The van der Waals surface area contributed by atoms with Crippen LogP contribution in [0.5, 0.6) is 0 Å². The van der Waals surface area contributed by atoms with Gasteiger partial charge in [0.15, 0.2) is 5.78 Å². The quantitative estimate of drug-likeness (QED) is 0.443. The number of carbonyl (C=O) groups is 1. The van der Waals surface area contributed by atoms with Gasteiger partial charge in [0.2, 0.25) is 0 Å². The summed E-state index contributed by atoms with van der Waals surface area (Å²) in [5.41, 5.74) is -0.504. The third-order valence-corrected chi connectivity index (χ3v) is 4.32. The summed E-state index contributed by atoms with van der Waals surface area (Å²) >= 11 is 4.39. The second-order valence-electron chi connectivity index (χ2n) is 4.31. The summed E-state index contributed by atoms with van der Waals surface area (Å²) in [7, 11) is 0. The predicted octanol–water partition coefficient (Wildman–Crippen LogP) is 3.24. The average Bonchev–Trinajstić information content (AvgIpc) is 2.97. The number of Topliss-reactive ketones (excluding diaryl/α,β-unsaturated/α-hetero) is 1. The lowest BCUT2D eigenvalue weighted by molar-refractivity contribution is -0.385. The molecule has 0 bridgehead atoms. The van der Waals surface area contributed by atoms with E-state index in [0.717, 1.165) is 0 Å². The molecule has 0 aliphatic heterocycles. The fraction of sp³-hybridized carbons (Fsp3) is 0.231. The second-order valence-corrected chi connectivity index (χ2v) is 6.11. The van der Waals surface area contributed by atoms with Gasteiger partial charge in [0, 0.05) is 19.0 Å². The van der Waals surface area contributed by atoms with E-state index in [-0.39, 0.29) is 28.0 Å². The standard InChI is InChI=1S/C13H11BrN2O4S/c14-10-7-9(16(19)20)8-15(13(10)18)5-1-3-11(17)12-4-2-6-21-12/h2,4,6-8H,1,3,5H2. The Morgan fingerprint density at radius 2 is 2.24 bits per heavy atom. The van der Waals surface area contributed by atoms with E-state index in [9.17, 15) is 19.7 Å². The van der Waals surface area contributed by atoms with Gasteiger partial charge in [-0.2, -0.15) is 0 Å². The number of carbonyl (C=O) groups excluding carboxylic acids is 1. The maximum Gasteiger partial charge on any atom is 0.286 e. The third-order valence-electron chi connectivity index (χ3n) is 2.84. The van der Waals surface area contributed by atoms with Crippen LogP contribution in [-0.4, -0.2) is 15.3 Å². The van der Waals surface area contributed by atoms with Crippen molar-refractivity contribution >= 4 is 38.7 Å². The van der Waals surface area contributed by atoms with E-state index in [4.69, 9.17) is 0 Å². The van der Waals surface area contributed by atoms with Gasteiger partial charge in [0.1, 0.15) is 0 Å². The van der Waals surface area contributed by atoms with Crippen molar-refractivity contribution in [1.82, 2.24) is 4.57 Å². The molecule has 0 aromatic carbocycles. The van der Waals surface area contributed by atoms with Crippen LogP contribution in [0.3, 0.4) is 0 Å². The topological polar surface area (TPSA) is 82.2 Å². The van der Waals surface area contributed by atoms with Gasteiger partial charge < -0.3 is 4.57 Å². The van der Waals surface area contributed by atoms with E-state index < -0.39 is 4.92 Å². The first kappa shape index (κ1) is 15.6. The summed E-state index contributed by atoms with van der Waals surface area (Å²) in [5.74, 6) is 0.0162. The molecule has 0 spiro atoms. The summed E-state index contributed by atoms with van der Waals surface area (Å²) < 4.78 is 1.39. The smallest absolute Gasteiger partial charge is 0.286 e. The number of aromatic nitrogens is 1. The number of rotatable bonds is 6. The van der Waals surface area contributed by atoms with Crippen LogP contribution in [0.15, 0.2) is 39.0 Å². The van der Waals surface area contributed by atoms with Crippen molar-refractivity contribution in [2.45, 2.75) is 19.4 Å². The average molecular weight is 371 g/mol. The molecule has 110 valence electrons. The predicted molar refractivity (Wildman–Crippen MR) is 82.9 cm³/mol. The van der Waals surface area contributed by atoms with Crippen LogP contribution in [0, 0.1) is 10.1 Å². The molecule has 2 rings (SSSR count). The van der Waals surface area contributed by atoms with E-state index in [0.29, 0.717) is 17.7 Å². The van der Waals surface area contributed by atoms with Crippen LogP contribution < -0.4 is 5.56 Å². The first-order chi connectivity index (χ1) is 9.99. The first-order valence-corrected chi connectivity index (χ1v) is 7.77. The third kappa shape index (κ3) is 3.85. The summed E-state index contributed by atoms with van der Waals surface area (Å²) in [6.07, 6.45) is 1.94. The number of halogens is 1. The molecule has 0 N–H and O–H groups in total. The number of nitro groups is 1. The molecule has 0 radical (unpaired) electrons. The van der Waals surface area contributed by atoms with Crippen LogP contribution in [0.25, 0.3) is 0 Å². The number of hydrogen-bond donors (Lipinski definition) is 0. The maximum atomic E-state index is 11.9. The number of hydrogen-bond acceptors (Lipinski definition) is 5. The van der Waals surface area contributed by atoms with Crippen molar-refractivity contribution in [1.29, 1.82) is 0 Å². The minimum Gasteiger partial charge on any atom is -0.308 e. The van der Waals surface area contributed by atoms with Crippen molar-refractivity contribution in [2.75, 3.05) is 0 Å². The lowest BCUT2D eigenvalue weighted by Crippen LogP contribution is -2.21. The molecule has 2 heterocycles. The van der Waals surface area contributed by atoms with Crippen molar-refractivity contribution in [3.8, 4) is 0 Å². The molecular formula is C13H11BrN2O4S. The minimum atomic E-state index is -0.558. The van der Waals surface area contributed by atoms with Gasteiger partial charge in [-0.1, -0.05) is 6.07 Å². The highest BCUT2D eigenvalue weighted by Gasteiger charge is 2.13. The Kier molecular flexibility index (Phi) is 5.03. The zero-order valence-corrected chi connectivity index (χ0v) is 13.2. The van der Waals surface area contributed by atoms with Crippen LogP contribution in [0.4, 0.5) is 5.69 Å². The van der Waals surface area contributed by atoms with Crippen molar-refractivity contribution in [3.05, 3.63) is 59.6 Å². The zero-order chi connectivity index (χ0) is 15.4. The number of thiophene rings is 1. The van der Waals surface area contributed by atoms with Gasteiger partial charge in [-0.05, 0) is 33.8 Å². The lowest BCUT2D eigenvalue weighted by Gasteiger charge is -2.05. The molecule has 2 aromatic rings. The Hall–Kier alpha value is -1.80. The van der Waals surface area contributed by atoms with E-state index in [1.165, 1.54) is 28.2 Å². The zero-order valence-electron chi connectivity index (χ0n) is 10.8. The van der Waals surface area contributed by atoms with Gasteiger partial charge >= 0.3 is 0 Å². The normalized spacial score (nSPS) is 10.5. The second kappa shape index (κ2) is 6.77. The summed E-state index contributed by atoms with van der Waals surface area (Å²) in [6, 6.07) is 4.73. The molecule has 0 saturated heterocycles. The molecule has 0 aliphatic rings. The fourth-order valence-corrected chi connectivity index (χ4v) is 2.98. The number of ketones is 1. The maximum absolute atomic E-state index is 11.9. The van der Waals surface area contributed by atoms with Gasteiger partial charge in [-0.25, -0.2) is 0 Å². The SMILES string of the molecule is O=C(CCCn1cc([N+](=O)[O-])cc(Br)c1=O)c1cccs1. The van der Waals surface area contributed by atoms with E-state index in [1.807, 2.05) is 5.38 Å². The van der Waals surface area contributed by atoms with Crippen molar-refractivity contribution in [2.24, 2.45) is 0 Å². The van der Waals surface area contributed by atoms with Gasteiger partial charge in [-0.3, -0.25) is 19.7 Å². The molecule has 2 aromatic heterocycles. The summed E-state index contributed by atoms with van der Waals surface area (Å²) in [6.45, 7) is 0.260. The highest BCUT2D eigenvalue weighted by atomic mass is 79.9. The Labute approximate surface area is 132 Å². The van der Waals surface area contributed by atoms with Gasteiger partial charge in [0.25, 0.3) is 11.2 Å². The first-order valence-electron chi connectivity index (χ1n) is 6.10. The van der Waals surface area contributed by atoms with Crippen molar-refractivity contribution < 1.29 is 9.72 Å². The van der Waals surface area contributed by atoms with Crippen molar-refractivity contribution in [3.63, 3.8) is 0 Å². The van der Waals surface area contributed by atoms with Crippen LogP contribution >= 0.6 is 27.3 Å². The Balaban J connectivity index is 2.05. The van der Waals surface area contributed by atoms with E-state index in [1.54, 1.807) is 12.1 Å². The van der Waals surface area contributed by atoms with Gasteiger partial charge in [0.05, 0.1) is 20.5 Å². The highest BCUT2D eigenvalue weighted by Crippen LogP contribution is 2.16. The molecule has 0 aliphatic carbocycles. The Morgan fingerprint density at radius 1 is 1.48 bits per heavy atom. The molecule has 6 nitrogen and oxygen atoms in total. The van der Waals surface area contributed by atoms with Crippen LogP contribution in [0.1, 0.15) is 22.5 Å². The molecule has 0 atom stereocenters. The van der Waals surface area contributed by atoms with E-state index >= 15 is 0 Å². The number of aryl methyl sites for hydroxylation is 1. The number of pyridine rings is 1. The molecule has 0 saturated carbocycles. The Morgan fingerprint density at radius 3 is 2.86 bits per heavy atom. The van der Waals surface area contributed by atoms with Gasteiger partial charge in [-0.15, -0.1) is 11.3 Å².